The highest BCUT2D eigenvalue weighted by atomic mass is 16.1. The summed E-state index contributed by atoms with van der Waals surface area (Å²) in [6.45, 7) is 5.84. The van der Waals surface area contributed by atoms with Crippen LogP contribution in [0.1, 0.15) is 30.5 Å². The third-order valence-electron chi connectivity index (χ3n) is 3.48. The summed E-state index contributed by atoms with van der Waals surface area (Å²) in [6, 6.07) is 8.62. The van der Waals surface area contributed by atoms with Gasteiger partial charge in [-0.05, 0) is 25.5 Å². The van der Waals surface area contributed by atoms with E-state index in [-0.39, 0.29) is 11.7 Å². The minimum absolute atomic E-state index is 0.0287. The molecule has 0 saturated carbocycles. The molecule has 1 unspecified atom stereocenters. The van der Waals surface area contributed by atoms with Crippen LogP contribution in [0.4, 0.5) is 0 Å². The van der Waals surface area contributed by atoms with Crippen LogP contribution in [0.3, 0.4) is 0 Å². The molecular formula is C16H23N3O. The minimum Gasteiger partial charge on any atom is -0.308 e. The molecule has 1 atom stereocenters. The maximum absolute atomic E-state index is 12.0. The highest BCUT2D eigenvalue weighted by Gasteiger charge is 2.13. The van der Waals surface area contributed by atoms with E-state index in [2.05, 4.69) is 43.4 Å². The third-order valence-corrected chi connectivity index (χ3v) is 3.48. The van der Waals surface area contributed by atoms with Gasteiger partial charge < -0.3 is 9.88 Å². The Morgan fingerprint density at radius 2 is 2.10 bits per heavy atom. The van der Waals surface area contributed by atoms with Crippen molar-refractivity contribution < 1.29 is 0 Å². The number of aryl methyl sites for hydroxylation is 2. The topological polar surface area (TPSA) is 39.0 Å². The molecule has 0 aliphatic heterocycles. The van der Waals surface area contributed by atoms with E-state index >= 15 is 0 Å². The first-order valence-electron chi connectivity index (χ1n) is 7.13. The zero-order valence-electron chi connectivity index (χ0n) is 12.5. The predicted molar refractivity (Wildman–Crippen MR) is 81.9 cm³/mol. The van der Waals surface area contributed by atoms with Gasteiger partial charge in [0.2, 0.25) is 0 Å². The average Bonchev–Trinajstić information content (AvgIpc) is 2.75. The molecule has 1 N–H and O–H groups in total. The molecule has 0 aliphatic carbocycles. The first kappa shape index (κ1) is 14.6. The average molecular weight is 273 g/mol. The Hall–Kier alpha value is -1.81. The van der Waals surface area contributed by atoms with E-state index < -0.39 is 0 Å². The Kier molecular flexibility index (Phi) is 4.79. The monoisotopic (exact) mass is 273 g/mol. The molecule has 108 valence electrons. The summed E-state index contributed by atoms with van der Waals surface area (Å²) in [5, 5.41) is 3.53. The van der Waals surface area contributed by atoms with Crippen LogP contribution in [0.15, 0.2) is 41.5 Å². The van der Waals surface area contributed by atoms with Gasteiger partial charge in [0, 0.05) is 26.0 Å². The van der Waals surface area contributed by atoms with Crippen LogP contribution in [0.25, 0.3) is 0 Å². The van der Waals surface area contributed by atoms with Gasteiger partial charge in [0.05, 0.1) is 6.04 Å². The summed E-state index contributed by atoms with van der Waals surface area (Å²) < 4.78 is 3.36. The summed E-state index contributed by atoms with van der Waals surface area (Å²) in [6.07, 6.45) is 4.72. The molecule has 1 aromatic carbocycles. The fourth-order valence-corrected chi connectivity index (χ4v) is 2.34. The highest BCUT2D eigenvalue weighted by molar-refractivity contribution is 5.25. The molecule has 0 amide bonds. The fraction of sp³-hybridized carbons (Fsp3) is 0.438. The minimum atomic E-state index is 0.0287. The molecule has 0 spiro atoms. The van der Waals surface area contributed by atoms with E-state index in [0.717, 1.165) is 13.0 Å². The molecule has 0 saturated heterocycles. The highest BCUT2D eigenvalue weighted by Crippen LogP contribution is 2.16. The Morgan fingerprint density at radius 3 is 2.70 bits per heavy atom. The maximum Gasteiger partial charge on any atom is 0.327 e. The van der Waals surface area contributed by atoms with Crippen molar-refractivity contribution >= 4 is 0 Å². The number of imidazole rings is 1. The van der Waals surface area contributed by atoms with Crippen molar-refractivity contribution in [2.75, 3.05) is 6.54 Å². The second kappa shape index (κ2) is 6.57. The van der Waals surface area contributed by atoms with Crippen molar-refractivity contribution in [2.45, 2.75) is 32.9 Å². The van der Waals surface area contributed by atoms with Gasteiger partial charge in [-0.2, -0.15) is 0 Å². The summed E-state index contributed by atoms with van der Waals surface area (Å²) in [4.78, 5) is 12.0. The lowest BCUT2D eigenvalue weighted by Gasteiger charge is -2.19. The van der Waals surface area contributed by atoms with Crippen molar-refractivity contribution in [2.24, 2.45) is 7.05 Å². The van der Waals surface area contributed by atoms with Gasteiger partial charge in [-0.3, -0.25) is 4.57 Å². The van der Waals surface area contributed by atoms with Crippen LogP contribution < -0.4 is 11.0 Å². The SMILES string of the molecule is CCCNC(Cn1ccn(C)c1=O)c1cccc(C)c1. The molecule has 1 aromatic heterocycles. The largest absolute Gasteiger partial charge is 0.327 e. The quantitative estimate of drug-likeness (QED) is 0.876. The van der Waals surface area contributed by atoms with E-state index in [1.54, 1.807) is 22.4 Å². The molecule has 20 heavy (non-hydrogen) atoms. The molecule has 4 heteroatoms. The Labute approximate surface area is 120 Å². The molecule has 0 bridgehead atoms. The van der Waals surface area contributed by atoms with Crippen LogP contribution in [-0.2, 0) is 13.6 Å². The Morgan fingerprint density at radius 1 is 1.30 bits per heavy atom. The second-order valence-electron chi connectivity index (χ2n) is 5.26. The van der Waals surface area contributed by atoms with Crippen molar-refractivity contribution in [1.29, 1.82) is 0 Å². The van der Waals surface area contributed by atoms with Gasteiger partial charge in [-0.25, -0.2) is 4.79 Å². The molecular weight excluding hydrogens is 250 g/mol. The first-order valence-corrected chi connectivity index (χ1v) is 7.13. The van der Waals surface area contributed by atoms with Gasteiger partial charge in [-0.15, -0.1) is 0 Å². The number of nitrogens with zero attached hydrogens (tertiary/aromatic N) is 2. The molecule has 0 aliphatic rings. The third kappa shape index (κ3) is 3.39. The molecule has 4 nitrogen and oxygen atoms in total. The lowest BCUT2D eigenvalue weighted by Crippen LogP contribution is -2.31. The van der Waals surface area contributed by atoms with Crippen LogP contribution in [-0.4, -0.2) is 15.7 Å². The second-order valence-corrected chi connectivity index (χ2v) is 5.26. The van der Waals surface area contributed by atoms with Crippen molar-refractivity contribution in [1.82, 2.24) is 14.5 Å². The van der Waals surface area contributed by atoms with Gasteiger partial charge in [0.15, 0.2) is 0 Å². The van der Waals surface area contributed by atoms with Crippen LogP contribution >= 0.6 is 0 Å². The van der Waals surface area contributed by atoms with E-state index in [4.69, 9.17) is 0 Å². The van der Waals surface area contributed by atoms with Crippen LogP contribution in [0.5, 0.6) is 0 Å². The molecule has 0 radical (unpaired) electrons. The van der Waals surface area contributed by atoms with Crippen molar-refractivity contribution in [3.8, 4) is 0 Å². The lowest BCUT2D eigenvalue weighted by molar-refractivity contribution is 0.454. The standard InChI is InChI=1S/C16H23N3O/c1-4-8-17-15(14-7-5-6-13(2)11-14)12-19-10-9-18(3)16(19)20/h5-7,9-11,15,17H,4,8,12H2,1-3H3. The molecule has 2 rings (SSSR count). The van der Waals surface area contributed by atoms with Crippen LogP contribution in [0, 0.1) is 6.92 Å². The fourth-order valence-electron chi connectivity index (χ4n) is 2.34. The van der Waals surface area contributed by atoms with Gasteiger partial charge in [0.1, 0.15) is 0 Å². The van der Waals surface area contributed by atoms with E-state index in [1.165, 1.54) is 11.1 Å². The van der Waals surface area contributed by atoms with Crippen molar-refractivity contribution in [3.05, 3.63) is 58.3 Å². The normalized spacial score (nSPS) is 12.6. The summed E-state index contributed by atoms with van der Waals surface area (Å²) in [5.74, 6) is 0. The van der Waals surface area contributed by atoms with Gasteiger partial charge >= 0.3 is 5.69 Å². The smallest absolute Gasteiger partial charge is 0.308 e. The maximum atomic E-state index is 12.0. The summed E-state index contributed by atoms with van der Waals surface area (Å²) >= 11 is 0. The Balaban J connectivity index is 2.23. The van der Waals surface area contributed by atoms with E-state index in [9.17, 15) is 4.79 Å². The predicted octanol–water partition coefficient (Wildman–Crippen LogP) is 2.24. The first-order chi connectivity index (χ1) is 9.61. The van der Waals surface area contributed by atoms with Gasteiger partial charge in [-0.1, -0.05) is 36.8 Å². The summed E-state index contributed by atoms with van der Waals surface area (Å²) in [5.41, 5.74) is 2.50. The van der Waals surface area contributed by atoms with Crippen LogP contribution in [0.2, 0.25) is 0 Å². The van der Waals surface area contributed by atoms with E-state index in [1.807, 2.05) is 6.20 Å². The molecule has 0 fully saturated rings. The summed E-state index contributed by atoms with van der Waals surface area (Å²) in [7, 11) is 1.78. The lowest BCUT2D eigenvalue weighted by atomic mass is 10.0. The van der Waals surface area contributed by atoms with E-state index in [0.29, 0.717) is 6.54 Å². The number of hydrogen-bond donors (Lipinski definition) is 1. The van der Waals surface area contributed by atoms with Crippen molar-refractivity contribution in [3.63, 3.8) is 0 Å². The molecule has 2 aromatic rings. The number of nitrogens with one attached hydrogen (secondary N) is 1. The zero-order valence-corrected chi connectivity index (χ0v) is 12.5. The number of aromatic nitrogens is 2. The zero-order chi connectivity index (χ0) is 14.5. The molecule has 1 heterocycles. The van der Waals surface area contributed by atoms with Gasteiger partial charge in [0.25, 0.3) is 0 Å². The number of benzene rings is 1. The number of rotatable bonds is 6. The Bertz CT molecular complexity index is 612. The number of hydrogen-bond acceptors (Lipinski definition) is 2.